The van der Waals surface area contributed by atoms with Gasteiger partial charge in [-0.05, 0) is 0 Å². The fourth-order valence-electron chi connectivity index (χ4n) is 2.33. The summed E-state index contributed by atoms with van der Waals surface area (Å²) in [6.45, 7) is 0.507. The molecule has 2 N–H and O–H groups in total. The molecule has 1 aromatic carbocycles. The molecule has 0 aliphatic carbocycles. The number of sulfone groups is 1. The maximum absolute atomic E-state index is 11.6. The van der Waals surface area contributed by atoms with Gasteiger partial charge in [0.05, 0.1) is 11.5 Å². The van der Waals surface area contributed by atoms with Crippen molar-refractivity contribution in [3.63, 3.8) is 0 Å². The normalized spacial score (nSPS) is 21.7. The van der Waals surface area contributed by atoms with Gasteiger partial charge in [-0.25, -0.2) is 13.4 Å². The molecule has 0 amide bonds. The molecule has 1 aromatic heterocycles. The van der Waals surface area contributed by atoms with E-state index < -0.39 is 9.84 Å². The van der Waals surface area contributed by atoms with Gasteiger partial charge in [0, 0.05) is 24.6 Å². The Morgan fingerprint density at radius 1 is 1.25 bits per heavy atom. The summed E-state index contributed by atoms with van der Waals surface area (Å²) in [5, 5.41) is 10.3. The number of hydrogen-bond acceptors (Lipinski definition) is 5. The number of aromatic amines is 1. The molecule has 0 saturated carbocycles. The first-order chi connectivity index (χ1) is 9.62. The molecule has 20 heavy (non-hydrogen) atoms. The summed E-state index contributed by atoms with van der Waals surface area (Å²) in [5.74, 6) is 1.72. The third-order valence-electron chi connectivity index (χ3n) is 3.30. The number of benzene rings is 1. The van der Waals surface area contributed by atoms with Crippen LogP contribution in [0.2, 0.25) is 0 Å². The summed E-state index contributed by atoms with van der Waals surface area (Å²) in [5.41, 5.74) is 0.944. The highest BCUT2D eigenvalue weighted by molar-refractivity contribution is 7.91. The van der Waals surface area contributed by atoms with Crippen molar-refractivity contribution in [3.8, 4) is 11.4 Å². The molecule has 1 aliphatic heterocycles. The smallest absolute Gasteiger partial charge is 0.181 e. The highest BCUT2D eigenvalue weighted by Crippen LogP contribution is 2.14. The zero-order valence-electron chi connectivity index (χ0n) is 10.9. The standard InChI is InChI=1S/C13H16N4O2S/c18-20(19)7-6-14-11(9-20)8-12-15-13(17-16-12)10-4-2-1-3-5-10/h1-5,11,14H,6-9H2,(H,15,16,17). The third-order valence-corrected chi connectivity index (χ3v) is 5.04. The van der Waals surface area contributed by atoms with Crippen LogP contribution in [0.1, 0.15) is 5.82 Å². The van der Waals surface area contributed by atoms with E-state index >= 15 is 0 Å². The van der Waals surface area contributed by atoms with Crippen LogP contribution >= 0.6 is 0 Å². The van der Waals surface area contributed by atoms with E-state index in [2.05, 4.69) is 20.5 Å². The molecule has 6 nitrogen and oxygen atoms in total. The number of rotatable bonds is 3. The summed E-state index contributed by atoms with van der Waals surface area (Å²) in [7, 11) is -2.92. The second-order valence-electron chi connectivity index (χ2n) is 4.94. The largest absolute Gasteiger partial charge is 0.312 e. The van der Waals surface area contributed by atoms with Crippen LogP contribution in [0.15, 0.2) is 30.3 Å². The highest BCUT2D eigenvalue weighted by atomic mass is 32.2. The summed E-state index contributed by atoms with van der Waals surface area (Å²) >= 11 is 0. The minimum atomic E-state index is -2.92. The van der Waals surface area contributed by atoms with E-state index in [4.69, 9.17) is 0 Å². The lowest BCUT2D eigenvalue weighted by Crippen LogP contribution is -2.46. The monoisotopic (exact) mass is 292 g/mol. The Hall–Kier alpha value is -1.73. The summed E-state index contributed by atoms with van der Waals surface area (Å²) in [6.07, 6.45) is 0.541. The Morgan fingerprint density at radius 2 is 2.05 bits per heavy atom. The summed E-state index contributed by atoms with van der Waals surface area (Å²) in [6, 6.07) is 9.59. The summed E-state index contributed by atoms with van der Waals surface area (Å²) < 4.78 is 23.2. The lowest BCUT2D eigenvalue weighted by molar-refractivity contribution is 0.509. The number of H-pyrrole nitrogens is 1. The van der Waals surface area contributed by atoms with Gasteiger partial charge in [0.25, 0.3) is 0 Å². The van der Waals surface area contributed by atoms with Gasteiger partial charge < -0.3 is 5.32 Å². The molecule has 1 atom stereocenters. The molecule has 1 unspecified atom stereocenters. The van der Waals surface area contributed by atoms with Gasteiger partial charge in [-0.15, -0.1) is 0 Å². The predicted octanol–water partition coefficient (Wildman–Crippen LogP) is 0.401. The molecule has 1 saturated heterocycles. The summed E-state index contributed by atoms with van der Waals surface area (Å²) in [4.78, 5) is 4.42. The predicted molar refractivity (Wildman–Crippen MR) is 76.0 cm³/mol. The molecule has 1 aliphatic rings. The van der Waals surface area contributed by atoms with Crippen molar-refractivity contribution >= 4 is 9.84 Å². The van der Waals surface area contributed by atoms with E-state index in [0.717, 1.165) is 5.56 Å². The van der Waals surface area contributed by atoms with E-state index in [1.807, 2.05) is 30.3 Å². The van der Waals surface area contributed by atoms with Crippen molar-refractivity contribution in [2.45, 2.75) is 12.5 Å². The number of nitrogens with zero attached hydrogens (tertiary/aromatic N) is 2. The van der Waals surface area contributed by atoms with Gasteiger partial charge in [-0.1, -0.05) is 30.3 Å². The Balaban J connectivity index is 1.72. The first kappa shape index (κ1) is 13.3. The Kier molecular flexibility index (Phi) is 3.54. The molecule has 2 aromatic rings. The van der Waals surface area contributed by atoms with Crippen LogP contribution in [0.25, 0.3) is 11.4 Å². The van der Waals surface area contributed by atoms with E-state index in [1.54, 1.807) is 0 Å². The highest BCUT2D eigenvalue weighted by Gasteiger charge is 2.25. The van der Waals surface area contributed by atoms with Gasteiger partial charge in [0.2, 0.25) is 0 Å². The lowest BCUT2D eigenvalue weighted by Gasteiger charge is -2.22. The Labute approximate surface area is 117 Å². The Bertz CT molecular complexity index is 681. The maximum atomic E-state index is 11.6. The van der Waals surface area contributed by atoms with E-state index in [-0.39, 0.29) is 17.5 Å². The molecule has 106 valence electrons. The van der Waals surface area contributed by atoms with Crippen molar-refractivity contribution in [3.05, 3.63) is 36.2 Å². The van der Waals surface area contributed by atoms with Crippen molar-refractivity contribution in [1.82, 2.24) is 20.5 Å². The van der Waals surface area contributed by atoms with Gasteiger partial charge >= 0.3 is 0 Å². The van der Waals surface area contributed by atoms with Crippen LogP contribution in [0.3, 0.4) is 0 Å². The second kappa shape index (κ2) is 5.34. The van der Waals surface area contributed by atoms with Gasteiger partial charge in [0.1, 0.15) is 5.82 Å². The van der Waals surface area contributed by atoms with E-state index in [9.17, 15) is 8.42 Å². The Morgan fingerprint density at radius 3 is 2.80 bits per heavy atom. The minimum absolute atomic E-state index is 0.0923. The molecular weight excluding hydrogens is 276 g/mol. The average molecular weight is 292 g/mol. The van der Waals surface area contributed by atoms with Crippen LogP contribution in [0, 0.1) is 0 Å². The number of hydrogen-bond donors (Lipinski definition) is 2. The fourth-order valence-corrected chi connectivity index (χ4v) is 3.78. The van der Waals surface area contributed by atoms with Crippen LogP contribution < -0.4 is 5.32 Å². The van der Waals surface area contributed by atoms with Crippen molar-refractivity contribution in [1.29, 1.82) is 0 Å². The molecule has 3 rings (SSSR count). The van der Waals surface area contributed by atoms with E-state index in [1.165, 1.54) is 0 Å². The molecule has 7 heteroatoms. The zero-order chi connectivity index (χ0) is 14.0. The van der Waals surface area contributed by atoms with Crippen molar-refractivity contribution in [2.75, 3.05) is 18.1 Å². The molecule has 1 fully saturated rings. The maximum Gasteiger partial charge on any atom is 0.181 e. The fraction of sp³-hybridized carbons (Fsp3) is 0.385. The molecule has 2 heterocycles. The van der Waals surface area contributed by atoms with Gasteiger partial charge in [-0.2, -0.15) is 5.10 Å². The molecule has 0 spiro atoms. The third kappa shape index (κ3) is 3.05. The van der Waals surface area contributed by atoms with Crippen LogP contribution in [-0.4, -0.2) is 47.7 Å². The average Bonchev–Trinajstić information content (AvgIpc) is 2.87. The quantitative estimate of drug-likeness (QED) is 0.855. The van der Waals surface area contributed by atoms with Gasteiger partial charge in [-0.3, -0.25) is 5.10 Å². The minimum Gasteiger partial charge on any atom is -0.312 e. The van der Waals surface area contributed by atoms with Crippen molar-refractivity contribution < 1.29 is 8.42 Å². The lowest BCUT2D eigenvalue weighted by atomic mass is 10.2. The topological polar surface area (TPSA) is 87.7 Å². The number of nitrogens with one attached hydrogen (secondary N) is 2. The van der Waals surface area contributed by atoms with Crippen LogP contribution in [0.5, 0.6) is 0 Å². The molecule has 0 radical (unpaired) electrons. The first-order valence-corrected chi connectivity index (χ1v) is 8.35. The molecule has 0 bridgehead atoms. The van der Waals surface area contributed by atoms with Crippen molar-refractivity contribution in [2.24, 2.45) is 0 Å². The van der Waals surface area contributed by atoms with Gasteiger partial charge in [0.15, 0.2) is 15.7 Å². The van der Waals surface area contributed by atoms with Crippen LogP contribution in [0.4, 0.5) is 0 Å². The number of aromatic nitrogens is 3. The SMILES string of the molecule is O=S1(=O)CCNC(Cc2nc(-c3ccccc3)n[nH]2)C1. The zero-order valence-corrected chi connectivity index (χ0v) is 11.7. The second-order valence-corrected chi connectivity index (χ2v) is 7.17. The van der Waals surface area contributed by atoms with Crippen LogP contribution in [-0.2, 0) is 16.3 Å². The van der Waals surface area contributed by atoms with E-state index in [0.29, 0.717) is 24.6 Å². The first-order valence-electron chi connectivity index (χ1n) is 6.53. The molecular formula is C13H16N4O2S.